The fourth-order valence-corrected chi connectivity index (χ4v) is 5.74. The zero-order valence-electron chi connectivity index (χ0n) is 19.0. The summed E-state index contributed by atoms with van der Waals surface area (Å²) in [5.74, 6) is 2.49. The summed E-state index contributed by atoms with van der Waals surface area (Å²) in [6.07, 6.45) is 8.92. The fourth-order valence-electron chi connectivity index (χ4n) is 4.29. The zero-order valence-corrected chi connectivity index (χ0v) is 19.8. The van der Waals surface area contributed by atoms with Gasteiger partial charge in [-0.3, -0.25) is 9.78 Å². The first-order chi connectivity index (χ1) is 17.0. The topological polar surface area (TPSA) is 70.6 Å². The number of benzene rings is 3. The van der Waals surface area contributed by atoms with E-state index in [1.165, 1.54) is 4.31 Å². The van der Waals surface area contributed by atoms with Crippen LogP contribution in [0.15, 0.2) is 90.1 Å². The monoisotopic (exact) mass is 481 g/mol. The molecule has 0 radical (unpaired) electrons. The Labute approximate surface area is 204 Å². The van der Waals surface area contributed by atoms with Crippen molar-refractivity contribution >= 4 is 26.7 Å². The van der Waals surface area contributed by atoms with Crippen molar-refractivity contribution in [3.05, 3.63) is 96.3 Å². The van der Waals surface area contributed by atoms with E-state index in [2.05, 4.69) is 10.9 Å². The Bertz CT molecular complexity index is 1530. The van der Waals surface area contributed by atoms with E-state index in [1.807, 2.05) is 48.5 Å². The van der Waals surface area contributed by atoms with E-state index < -0.39 is 10.0 Å². The molecule has 6 nitrogen and oxygen atoms in total. The normalized spacial score (nSPS) is 14.5. The van der Waals surface area contributed by atoms with Gasteiger partial charge < -0.3 is 4.90 Å². The molecule has 1 aliphatic heterocycles. The summed E-state index contributed by atoms with van der Waals surface area (Å²) in [6.45, 7) is 1.17. The van der Waals surface area contributed by atoms with Crippen molar-refractivity contribution in [3.63, 3.8) is 0 Å². The predicted molar refractivity (Wildman–Crippen MR) is 136 cm³/mol. The number of hydrogen-bond donors (Lipinski definition) is 0. The lowest BCUT2D eigenvalue weighted by atomic mass is 10.0. The second kappa shape index (κ2) is 9.34. The van der Waals surface area contributed by atoms with Crippen molar-refractivity contribution in [2.24, 2.45) is 0 Å². The van der Waals surface area contributed by atoms with Crippen LogP contribution in [0.2, 0.25) is 0 Å². The van der Waals surface area contributed by atoms with Crippen LogP contribution in [0.4, 0.5) is 0 Å². The molecule has 0 atom stereocenters. The maximum absolute atomic E-state index is 13.3. The Hall–Kier alpha value is -3.99. The van der Waals surface area contributed by atoms with Crippen molar-refractivity contribution in [2.75, 3.05) is 26.2 Å². The number of aromatic nitrogens is 1. The highest BCUT2D eigenvalue weighted by Crippen LogP contribution is 2.24. The van der Waals surface area contributed by atoms with Crippen LogP contribution in [-0.4, -0.2) is 54.7 Å². The standard InChI is InChI=1S/C28H23N3O3S/c1-2-21-3-4-26-20-27(10-9-25(26)19-21)35(33,34)31-17-15-30(16-18-31)28(32)24-7-5-22(6-8-24)23-11-13-29-14-12-23/h1,3-14,19-20H,15-18H2. The number of piperazine rings is 1. The largest absolute Gasteiger partial charge is 0.336 e. The third-order valence-corrected chi connectivity index (χ3v) is 8.18. The van der Waals surface area contributed by atoms with E-state index in [0.29, 0.717) is 18.7 Å². The molecule has 3 aromatic carbocycles. The molecule has 1 saturated heterocycles. The Morgan fingerprint density at radius 1 is 0.800 bits per heavy atom. The molecule has 0 spiro atoms. The molecule has 4 aromatic rings. The van der Waals surface area contributed by atoms with Gasteiger partial charge in [-0.2, -0.15) is 4.31 Å². The second-order valence-corrected chi connectivity index (χ2v) is 10.3. The highest BCUT2D eigenvalue weighted by molar-refractivity contribution is 7.89. The van der Waals surface area contributed by atoms with Gasteiger partial charge in [0.1, 0.15) is 0 Å². The summed E-state index contributed by atoms with van der Waals surface area (Å²) in [7, 11) is -3.67. The molecule has 0 bridgehead atoms. The predicted octanol–water partition coefficient (Wildman–Crippen LogP) is 4.03. The minimum absolute atomic E-state index is 0.0988. The highest BCUT2D eigenvalue weighted by Gasteiger charge is 2.30. The van der Waals surface area contributed by atoms with E-state index in [1.54, 1.807) is 41.6 Å². The first-order valence-corrected chi connectivity index (χ1v) is 12.7. The number of hydrogen-bond acceptors (Lipinski definition) is 4. The zero-order chi connectivity index (χ0) is 24.4. The average molecular weight is 482 g/mol. The van der Waals surface area contributed by atoms with Gasteiger partial charge in [0.2, 0.25) is 10.0 Å². The van der Waals surface area contributed by atoms with Gasteiger partial charge in [-0.1, -0.05) is 30.2 Å². The number of nitrogens with zero attached hydrogens (tertiary/aromatic N) is 3. The smallest absolute Gasteiger partial charge is 0.253 e. The summed E-state index contributed by atoms with van der Waals surface area (Å²) in [4.78, 5) is 19.0. The minimum atomic E-state index is -3.67. The van der Waals surface area contributed by atoms with E-state index in [4.69, 9.17) is 6.42 Å². The first kappa shape index (κ1) is 22.8. The lowest BCUT2D eigenvalue weighted by molar-refractivity contribution is 0.0698. The van der Waals surface area contributed by atoms with Crippen molar-refractivity contribution < 1.29 is 13.2 Å². The molecule has 1 aromatic heterocycles. The summed E-state index contributed by atoms with van der Waals surface area (Å²) in [5.41, 5.74) is 3.37. The van der Waals surface area contributed by atoms with Gasteiger partial charge in [0.25, 0.3) is 5.91 Å². The molecule has 7 heteroatoms. The van der Waals surface area contributed by atoms with Crippen LogP contribution in [0, 0.1) is 12.3 Å². The lowest BCUT2D eigenvalue weighted by Gasteiger charge is -2.34. The van der Waals surface area contributed by atoms with Crippen molar-refractivity contribution in [2.45, 2.75) is 4.90 Å². The number of carbonyl (C=O) groups is 1. The number of terminal acetylenes is 1. The molecule has 0 unspecified atom stereocenters. The highest BCUT2D eigenvalue weighted by atomic mass is 32.2. The van der Waals surface area contributed by atoms with E-state index in [9.17, 15) is 13.2 Å². The molecule has 2 heterocycles. The first-order valence-electron chi connectivity index (χ1n) is 11.3. The number of amides is 1. The molecule has 174 valence electrons. The van der Waals surface area contributed by atoms with Gasteiger partial charge in [-0.15, -0.1) is 6.42 Å². The van der Waals surface area contributed by atoms with Crippen LogP contribution < -0.4 is 0 Å². The number of pyridine rings is 1. The SMILES string of the molecule is C#Cc1ccc2cc(S(=O)(=O)N3CCN(C(=O)c4ccc(-c5ccncc5)cc4)CC3)ccc2c1. The third kappa shape index (κ3) is 4.54. The third-order valence-electron chi connectivity index (χ3n) is 6.29. The number of fused-ring (bicyclic) bond motifs is 1. The molecule has 5 rings (SSSR count). The minimum Gasteiger partial charge on any atom is -0.336 e. The molecular weight excluding hydrogens is 458 g/mol. The Morgan fingerprint density at radius 2 is 1.43 bits per heavy atom. The van der Waals surface area contributed by atoms with Gasteiger partial charge in [-0.05, 0) is 70.4 Å². The number of rotatable bonds is 4. The number of sulfonamides is 1. The van der Waals surface area contributed by atoms with Crippen molar-refractivity contribution in [1.29, 1.82) is 0 Å². The molecule has 1 fully saturated rings. The molecule has 0 saturated carbocycles. The van der Waals surface area contributed by atoms with Gasteiger partial charge in [0.05, 0.1) is 4.90 Å². The van der Waals surface area contributed by atoms with Crippen molar-refractivity contribution in [1.82, 2.24) is 14.2 Å². The van der Waals surface area contributed by atoms with Crippen LogP contribution in [0.25, 0.3) is 21.9 Å². The van der Waals surface area contributed by atoms with Crippen LogP contribution >= 0.6 is 0 Å². The lowest BCUT2D eigenvalue weighted by Crippen LogP contribution is -2.50. The van der Waals surface area contributed by atoms with Gasteiger partial charge in [-0.25, -0.2) is 8.42 Å². The molecule has 0 aliphatic carbocycles. The summed E-state index contributed by atoms with van der Waals surface area (Å²) < 4.78 is 28.0. The quantitative estimate of drug-likeness (QED) is 0.413. The van der Waals surface area contributed by atoms with Crippen LogP contribution in [0.3, 0.4) is 0 Å². The Balaban J connectivity index is 1.27. The van der Waals surface area contributed by atoms with Crippen LogP contribution in [-0.2, 0) is 10.0 Å². The van der Waals surface area contributed by atoms with E-state index >= 15 is 0 Å². The Kier molecular flexibility index (Phi) is 6.08. The molecule has 1 amide bonds. The van der Waals surface area contributed by atoms with Gasteiger partial charge >= 0.3 is 0 Å². The molecule has 35 heavy (non-hydrogen) atoms. The second-order valence-electron chi connectivity index (χ2n) is 8.38. The van der Waals surface area contributed by atoms with Crippen LogP contribution in [0.5, 0.6) is 0 Å². The van der Waals surface area contributed by atoms with Crippen LogP contribution in [0.1, 0.15) is 15.9 Å². The molecule has 1 aliphatic rings. The number of carbonyl (C=O) groups excluding carboxylic acids is 1. The Morgan fingerprint density at radius 3 is 2.11 bits per heavy atom. The fraction of sp³-hybridized carbons (Fsp3) is 0.143. The maximum atomic E-state index is 13.3. The average Bonchev–Trinajstić information content (AvgIpc) is 2.92. The molecule has 0 N–H and O–H groups in total. The van der Waals surface area contributed by atoms with E-state index in [0.717, 1.165) is 27.5 Å². The van der Waals surface area contributed by atoms with E-state index in [-0.39, 0.29) is 23.9 Å². The van der Waals surface area contributed by atoms with Gasteiger partial charge in [0.15, 0.2) is 0 Å². The maximum Gasteiger partial charge on any atom is 0.253 e. The summed E-state index contributed by atoms with van der Waals surface area (Å²) >= 11 is 0. The summed E-state index contributed by atoms with van der Waals surface area (Å²) in [6, 6.07) is 21.8. The molecular formula is C28H23N3O3S. The van der Waals surface area contributed by atoms with Crippen molar-refractivity contribution in [3.8, 4) is 23.5 Å². The van der Waals surface area contributed by atoms with Gasteiger partial charge in [0, 0.05) is 49.7 Å². The summed E-state index contributed by atoms with van der Waals surface area (Å²) in [5, 5.41) is 1.71.